The Bertz CT molecular complexity index is 1570. The number of hydrogen-bond donors (Lipinski definition) is 0. The van der Waals surface area contributed by atoms with Crippen molar-refractivity contribution in [3.05, 3.63) is 103 Å². The molecule has 1 aliphatic rings. The van der Waals surface area contributed by atoms with Crippen LogP contribution in [0.4, 0.5) is 11.4 Å². The Morgan fingerprint density at radius 1 is 0.842 bits per heavy atom. The van der Waals surface area contributed by atoms with E-state index < -0.39 is 0 Å². The van der Waals surface area contributed by atoms with Gasteiger partial charge in [0.25, 0.3) is 0 Å². The van der Waals surface area contributed by atoms with Gasteiger partial charge in [-0.1, -0.05) is 77.6 Å². The second-order valence-corrected chi connectivity index (χ2v) is 10.8. The van der Waals surface area contributed by atoms with E-state index in [1.165, 1.54) is 17.3 Å². The molecule has 0 saturated heterocycles. The third-order valence-corrected chi connectivity index (χ3v) is 8.32. The van der Waals surface area contributed by atoms with Crippen LogP contribution < -0.4 is 9.64 Å². The highest BCUT2D eigenvalue weighted by molar-refractivity contribution is 8.00. The lowest BCUT2D eigenvalue weighted by molar-refractivity contribution is -0.115. The smallest absolute Gasteiger partial charge is 0.242 e. The first-order chi connectivity index (χ1) is 18.6. The molecule has 0 bridgehead atoms. The Balaban J connectivity index is 1.34. The zero-order valence-electron chi connectivity index (χ0n) is 20.9. The first kappa shape index (κ1) is 24.3. The Kier molecular flexibility index (Phi) is 6.66. The number of para-hydroxylation sites is 2. The van der Waals surface area contributed by atoms with E-state index in [1.54, 1.807) is 18.9 Å². The fraction of sp³-hybridized carbons (Fsp3) is 0.100. The van der Waals surface area contributed by atoms with Gasteiger partial charge in [-0.15, -0.1) is 10.2 Å². The minimum atomic E-state index is -0.0173. The molecule has 0 aliphatic carbocycles. The third-order valence-electron chi connectivity index (χ3n) is 6.28. The number of methoxy groups -OCH3 is 1. The van der Waals surface area contributed by atoms with Crippen LogP contribution in [0.15, 0.2) is 112 Å². The van der Waals surface area contributed by atoms with Crippen LogP contribution in [-0.4, -0.2) is 33.5 Å². The highest BCUT2D eigenvalue weighted by Gasteiger charge is 2.28. The fourth-order valence-corrected chi connectivity index (χ4v) is 6.24. The highest BCUT2D eigenvalue weighted by Crippen LogP contribution is 2.48. The summed E-state index contributed by atoms with van der Waals surface area (Å²) >= 11 is 3.07. The molecule has 1 amide bonds. The molecule has 1 aliphatic heterocycles. The van der Waals surface area contributed by atoms with Crippen molar-refractivity contribution in [3.8, 4) is 22.8 Å². The molecule has 6 nitrogen and oxygen atoms in total. The molecule has 0 atom stereocenters. The number of anilines is 2. The van der Waals surface area contributed by atoms with Crippen molar-refractivity contribution in [1.82, 2.24) is 14.8 Å². The van der Waals surface area contributed by atoms with Crippen LogP contribution in [0.3, 0.4) is 0 Å². The van der Waals surface area contributed by atoms with Gasteiger partial charge in [0.05, 0.1) is 24.2 Å². The average molecular weight is 537 g/mol. The number of carbonyl (C=O) groups excluding carboxylic acids is 1. The topological polar surface area (TPSA) is 60.2 Å². The SMILES string of the molecule is COc1ccc(-n2c(SCC(=O)N3c4ccccc4Sc4ccccc43)nnc2-c2ccc(C)cc2)cc1. The van der Waals surface area contributed by atoms with Gasteiger partial charge in [-0.3, -0.25) is 14.3 Å². The summed E-state index contributed by atoms with van der Waals surface area (Å²) in [4.78, 5) is 17.7. The summed E-state index contributed by atoms with van der Waals surface area (Å²) in [6, 6.07) is 32.0. The van der Waals surface area contributed by atoms with Crippen LogP contribution in [-0.2, 0) is 4.79 Å². The van der Waals surface area contributed by atoms with Crippen molar-refractivity contribution >= 4 is 40.8 Å². The number of hydrogen-bond acceptors (Lipinski definition) is 6. The molecule has 1 aromatic heterocycles. The molecule has 0 radical (unpaired) electrons. The van der Waals surface area contributed by atoms with Crippen molar-refractivity contribution < 1.29 is 9.53 Å². The molecular formula is C30H24N4O2S2. The van der Waals surface area contributed by atoms with Crippen LogP contribution in [0.2, 0.25) is 0 Å². The van der Waals surface area contributed by atoms with E-state index in [0.29, 0.717) is 5.16 Å². The van der Waals surface area contributed by atoms with E-state index in [2.05, 4.69) is 41.4 Å². The molecule has 0 spiro atoms. The maximum absolute atomic E-state index is 13.8. The first-order valence-electron chi connectivity index (χ1n) is 12.1. The van der Waals surface area contributed by atoms with Gasteiger partial charge in [-0.25, -0.2) is 0 Å². The largest absolute Gasteiger partial charge is 0.497 e. The lowest BCUT2D eigenvalue weighted by Gasteiger charge is -2.30. The number of aryl methyl sites for hydroxylation is 1. The normalized spacial score (nSPS) is 12.1. The number of benzene rings is 4. The number of rotatable bonds is 6. The van der Waals surface area contributed by atoms with Crippen LogP contribution in [0.25, 0.3) is 17.1 Å². The summed E-state index contributed by atoms with van der Waals surface area (Å²) in [6.45, 7) is 2.06. The van der Waals surface area contributed by atoms with Crippen LogP contribution in [0.1, 0.15) is 5.56 Å². The van der Waals surface area contributed by atoms with Gasteiger partial charge in [0.1, 0.15) is 5.75 Å². The van der Waals surface area contributed by atoms with E-state index >= 15 is 0 Å². The summed E-state index contributed by atoms with van der Waals surface area (Å²) in [5.41, 5.74) is 4.82. The van der Waals surface area contributed by atoms with E-state index in [0.717, 1.165) is 44.0 Å². The van der Waals surface area contributed by atoms with Gasteiger partial charge >= 0.3 is 0 Å². The zero-order chi connectivity index (χ0) is 26.1. The quantitative estimate of drug-likeness (QED) is 0.214. The number of nitrogens with zero attached hydrogens (tertiary/aromatic N) is 4. The highest BCUT2D eigenvalue weighted by atomic mass is 32.2. The molecule has 38 heavy (non-hydrogen) atoms. The summed E-state index contributed by atoms with van der Waals surface area (Å²) in [7, 11) is 1.65. The Labute approximate surface area is 229 Å². The summed E-state index contributed by atoms with van der Waals surface area (Å²) in [5, 5.41) is 9.68. The lowest BCUT2D eigenvalue weighted by Crippen LogP contribution is -2.30. The number of aromatic nitrogens is 3. The number of amides is 1. The second-order valence-electron chi connectivity index (χ2n) is 8.76. The number of ether oxygens (including phenoxy) is 1. The first-order valence-corrected chi connectivity index (χ1v) is 13.9. The second kappa shape index (κ2) is 10.4. The monoisotopic (exact) mass is 536 g/mol. The van der Waals surface area contributed by atoms with Crippen LogP contribution in [0.5, 0.6) is 5.75 Å². The van der Waals surface area contributed by atoms with Crippen molar-refractivity contribution in [2.75, 3.05) is 17.8 Å². The Morgan fingerprint density at radius 2 is 1.47 bits per heavy atom. The molecule has 0 N–H and O–H groups in total. The van der Waals surface area contributed by atoms with Gasteiger partial charge in [0.15, 0.2) is 11.0 Å². The van der Waals surface area contributed by atoms with Gasteiger partial charge in [-0.2, -0.15) is 0 Å². The maximum Gasteiger partial charge on any atom is 0.242 e. The van der Waals surface area contributed by atoms with Gasteiger partial charge in [-0.05, 0) is 55.5 Å². The number of thioether (sulfide) groups is 1. The van der Waals surface area contributed by atoms with Crippen LogP contribution in [0, 0.1) is 6.92 Å². The average Bonchev–Trinajstić information content (AvgIpc) is 3.39. The molecule has 2 heterocycles. The summed E-state index contributed by atoms with van der Waals surface area (Å²) < 4.78 is 7.35. The summed E-state index contributed by atoms with van der Waals surface area (Å²) in [5.74, 6) is 1.67. The third kappa shape index (κ3) is 4.57. The lowest BCUT2D eigenvalue weighted by atomic mass is 10.1. The molecule has 4 aromatic carbocycles. The molecule has 0 saturated carbocycles. The minimum Gasteiger partial charge on any atom is -0.497 e. The van der Waals surface area contributed by atoms with Gasteiger partial charge in [0.2, 0.25) is 5.91 Å². The standard InChI is InChI=1S/C30H24N4O2S2/c1-20-11-13-21(14-12-20)29-31-32-30(33(29)22-15-17-23(36-2)18-16-22)37-19-28(35)34-24-7-3-5-9-26(24)38-27-10-6-4-8-25(27)34/h3-18H,19H2,1-2H3. The van der Waals surface area contributed by atoms with Gasteiger partial charge in [0, 0.05) is 21.0 Å². The molecule has 5 aromatic rings. The maximum atomic E-state index is 13.8. The predicted octanol–water partition coefficient (Wildman–Crippen LogP) is 7.17. The minimum absolute atomic E-state index is 0.0173. The van der Waals surface area contributed by atoms with E-state index in [9.17, 15) is 4.79 Å². The summed E-state index contributed by atoms with van der Waals surface area (Å²) in [6.07, 6.45) is 0. The number of carbonyl (C=O) groups is 1. The van der Waals surface area contributed by atoms with Gasteiger partial charge < -0.3 is 4.74 Å². The van der Waals surface area contributed by atoms with E-state index in [-0.39, 0.29) is 11.7 Å². The molecule has 6 rings (SSSR count). The van der Waals surface area contributed by atoms with Crippen molar-refractivity contribution in [2.24, 2.45) is 0 Å². The fourth-order valence-electron chi connectivity index (χ4n) is 4.38. The Hall–Kier alpha value is -4.01. The van der Waals surface area contributed by atoms with E-state index in [1.807, 2.05) is 82.3 Å². The molecular weight excluding hydrogens is 512 g/mol. The molecule has 188 valence electrons. The van der Waals surface area contributed by atoms with Crippen molar-refractivity contribution in [1.29, 1.82) is 0 Å². The van der Waals surface area contributed by atoms with E-state index in [4.69, 9.17) is 4.74 Å². The van der Waals surface area contributed by atoms with Crippen molar-refractivity contribution in [2.45, 2.75) is 21.9 Å². The molecule has 0 unspecified atom stereocenters. The Morgan fingerprint density at radius 3 is 2.11 bits per heavy atom. The number of fused-ring (bicyclic) bond motifs is 2. The van der Waals surface area contributed by atoms with Crippen molar-refractivity contribution in [3.63, 3.8) is 0 Å². The zero-order valence-corrected chi connectivity index (χ0v) is 22.5. The van der Waals surface area contributed by atoms with Crippen LogP contribution >= 0.6 is 23.5 Å². The predicted molar refractivity (Wildman–Crippen MR) is 153 cm³/mol. The molecule has 0 fully saturated rings. The molecule has 8 heteroatoms.